The Morgan fingerprint density at radius 1 is 1.67 bits per heavy atom. The third-order valence-corrected chi connectivity index (χ3v) is 1.34. The summed E-state index contributed by atoms with van der Waals surface area (Å²) < 4.78 is 0. The second-order valence-corrected chi connectivity index (χ2v) is 2.33. The summed E-state index contributed by atoms with van der Waals surface area (Å²) in [5.74, 6) is 0. The molecule has 0 aliphatic rings. The van der Waals surface area contributed by atoms with Crippen molar-refractivity contribution in [1.82, 2.24) is 5.32 Å². The van der Waals surface area contributed by atoms with Crippen LogP contribution in [0.1, 0.15) is 33.1 Å². The van der Waals surface area contributed by atoms with Crippen molar-refractivity contribution in [2.45, 2.75) is 39.2 Å². The Hall–Kier alpha value is -0.530. The largest absolute Gasteiger partial charge is 0.356 e. The van der Waals surface area contributed by atoms with Gasteiger partial charge in [0.15, 0.2) is 0 Å². The summed E-state index contributed by atoms with van der Waals surface area (Å²) in [5.41, 5.74) is 0. The van der Waals surface area contributed by atoms with Gasteiger partial charge < -0.3 is 5.32 Å². The Balaban J connectivity index is 3.04. The zero-order valence-electron chi connectivity index (χ0n) is 6.18. The van der Waals surface area contributed by atoms with Crippen LogP contribution < -0.4 is 5.32 Å². The van der Waals surface area contributed by atoms with Crippen molar-refractivity contribution in [3.8, 4) is 0 Å². The molecule has 54 valence electrons. The molecule has 0 saturated heterocycles. The second kappa shape index (κ2) is 5.60. The molecule has 0 bridgehead atoms. The van der Waals surface area contributed by atoms with Crippen molar-refractivity contribution in [2.75, 3.05) is 0 Å². The van der Waals surface area contributed by atoms with E-state index in [4.69, 9.17) is 0 Å². The van der Waals surface area contributed by atoms with Crippen LogP contribution in [0.4, 0.5) is 0 Å². The Morgan fingerprint density at radius 2 is 2.33 bits per heavy atom. The lowest BCUT2D eigenvalue weighted by Crippen LogP contribution is -2.23. The van der Waals surface area contributed by atoms with Crippen LogP contribution in [-0.2, 0) is 4.79 Å². The van der Waals surface area contributed by atoms with Gasteiger partial charge in [-0.3, -0.25) is 4.79 Å². The smallest absolute Gasteiger partial charge is 0.207 e. The molecule has 0 aliphatic heterocycles. The van der Waals surface area contributed by atoms with E-state index in [1.807, 2.05) is 6.92 Å². The first-order chi connectivity index (χ1) is 4.31. The highest BCUT2D eigenvalue weighted by molar-refractivity contribution is 5.46. The number of rotatable bonds is 5. The monoisotopic (exact) mass is 129 g/mol. The van der Waals surface area contributed by atoms with Gasteiger partial charge in [-0.05, 0) is 13.3 Å². The van der Waals surface area contributed by atoms with Crippen LogP contribution in [-0.4, -0.2) is 12.5 Å². The van der Waals surface area contributed by atoms with Crippen LogP contribution in [0.25, 0.3) is 0 Å². The van der Waals surface area contributed by atoms with E-state index in [1.165, 1.54) is 12.8 Å². The summed E-state index contributed by atoms with van der Waals surface area (Å²) in [6.45, 7) is 4.16. The summed E-state index contributed by atoms with van der Waals surface area (Å²) in [4.78, 5) is 9.87. The molecule has 0 rings (SSSR count). The van der Waals surface area contributed by atoms with Crippen LogP contribution in [0, 0.1) is 0 Å². The molecular formula is C7H15NO. The molecule has 0 aromatic heterocycles. The van der Waals surface area contributed by atoms with Gasteiger partial charge in [0.2, 0.25) is 6.41 Å². The first-order valence-corrected chi connectivity index (χ1v) is 3.51. The Morgan fingerprint density at radius 3 is 2.78 bits per heavy atom. The summed E-state index contributed by atoms with van der Waals surface area (Å²) in [7, 11) is 0. The number of nitrogens with one attached hydrogen (secondary N) is 1. The van der Waals surface area contributed by atoms with Gasteiger partial charge in [0, 0.05) is 6.04 Å². The lowest BCUT2D eigenvalue weighted by molar-refractivity contribution is -0.110. The van der Waals surface area contributed by atoms with Crippen LogP contribution in [0.3, 0.4) is 0 Å². The van der Waals surface area contributed by atoms with Gasteiger partial charge in [0.25, 0.3) is 0 Å². The van der Waals surface area contributed by atoms with Gasteiger partial charge in [0.1, 0.15) is 0 Å². The summed E-state index contributed by atoms with van der Waals surface area (Å²) in [5, 5.41) is 2.70. The maximum atomic E-state index is 9.87. The first kappa shape index (κ1) is 8.47. The quantitative estimate of drug-likeness (QED) is 0.557. The molecule has 0 fully saturated rings. The number of hydrogen-bond acceptors (Lipinski definition) is 1. The van der Waals surface area contributed by atoms with Crippen molar-refractivity contribution in [2.24, 2.45) is 0 Å². The summed E-state index contributed by atoms with van der Waals surface area (Å²) in [6.07, 6.45) is 4.25. The third kappa shape index (κ3) is 5.34. The van der Waals surface area contributed by atoms with Crippen molar-refractivity contribution in [3.63, 3.8) is 0 Å². The molecule has 1 unspecified atom stereocenters. The predicted octanol–water partition coefficient (Wildman–Crippen LogP) is 1.31. The van der Waals surface area contributed by atoms with Gasteiger partial charge in [-0.15, -0.1) is 0 Å². The molecule has 9 heavy (non-hydrogen) atoms. The van der Waals surface area contributed by atoms with E-state index in [1.54, 1.807) is 0 Å². The number of carbonyl (C=O) groups is 1. The maximum absolute atomic E-state index is 9.87. The fourth-order valence-corrected chi connectivity index (χ4v) is 0.710. The molecule has 1 amide bonds. The summed E-state index contributed by atoms with van der Waals surface area (Å²) >= 11 is 0. The molecule has 2 nitrogen and oxygen atoms in total. The number of hydrogen-bond donors (Lipinski definition) is 1. The minimum atomic E-state index is 0.349. The highest BCUT2D eigenvalue weighted by Crippen LogP contribution is 1.97. The molecule has 0 aliphatic carbocycles. The minimum absolute atomic E-state index is 0.349. The van der Waals surface area contributed by atoms with Crippen LogP contribution in [0.2, 0.25) is 0 Å². The van der Waals surface area contributed by atoms with Crippen molar-refractivity contribution in [1.29, 1.82) is 0 Å². The zero-order chi connectivity index (χ0) is 7.11. The van der Waals surface area contributed by atoms with Gasteiger partial charge >= 0.3 is 0 Å². The van der Waals surface area contributed by atoms with E-state index in [2.05, 4.69) is 12.2 Å². The molecule has 0 saturated carbocycles. The molecular weight excluding hydrogens is 114 g/mol. The summed E-state index contributed by atoms with van der Waals surface area (Å²) in [6, 6.07) is 0.349. The molecule has 0 aromatic carbocycles. The first-order valence-electron chi connectivity index (χ1n) is 3.51. The van der Waals surface area contributed by atoms with Gasteiger partial charge in [-0.1, -0.05) is 19.8 Å². The fourth-order valence-electron chi connectivity index (χ4n) is 0.710. The number of amides is 1. The van der Waals surface area contributed by atoms with E-state index in [9.17, 15) is 4.79 Å². The topological polar surface area (TPSA) is 29.1 Å². The third-order valence-electron chi connectivity index (χ3n) is 1.34. The molecule has 0 heterocycles. The number of carbonyl (C=O) groups excluding carboxylic acids is 1. The SMILES string of the molecule is CCCCC(C)NC=O. The average Bonchev–Trinajstić information content (AvgIpc) is 1.85. The van der Waals surface area contributed by atoms with Crippen LogP contribution in [0.15, 0.2) is 0 Å². The van der Waals surface area contributed by atoms with Crippen molar-refractivity contribution < 1.29 is 4.79 Å². The molecule has 1 atom stereocenters. The van der Waals surface area contributed by atoms with E-state index < -0.39 is 0 Å². The van der Waals surface area contributed by atoms with E-state index >= 15 is 0 Å². The predicted molar refractivity (Wildman–Crippen MR) is 38.2 cm³/mol. The van der Waals surface area contributed by atoms with Gasteiger partial charge in [-0.25, -0.2) is 0 Å². The van der Waals surface area contributed by atoms with E-state index in [-0.39, 0.29) is 0 Å². The van der Waals surface area contributed by atoms with Gasteiger partial charge in [-0.2, -0.15) is 0 Å². The highest BCUT2D eigenvalue weighted by atomic mass is 16.1. The Bertz CT molecular complexity index is 73.3. The molecule has 1 N–H and O–H groups in total. The number of unbranched alkanes of at least 4 members (excludes halogenated alkanes) is 1. The fraction of sp³-hybridized carbons (Fsp3) is 0.857. The molecule has 0 aromatic rings. The normalized spacial score (nSPS) is 12.7. The Labute approximate surface area is 56.6 Å². The maximum Gasteiger partial charge on any atom is 0.207 e. The Kier molecular flexibility index (Phi) is 5.27. The molecule has 0 radical (unpaired) electrons. The van der Waals surface area contributed by atoms with Crippen LogP contribution >= 0.6 is 0 Å². The molecule has 0 spiro atoms. The van der Waals surface area contributed by atoms with Crippen LogP contribution in [0.5, 0.6) is 0 Å². The second-order valence-electron chi connectivity index (χ2n) is 2.33. The molecule has 2 heteroatoms. The van der Waals surface area contributed by atoms with E-state index in [0.717, 1.165) is 12.8 Å². The van der Waals surface area contributed by atoms with Crippen molar-refractivity contribution >= 4 is 6.41 Å². The van der Waals surface area contributed by atoms with Gasteiger partial charge in [0.05, 0.1) is 0 Å². The average molecular weight is 129 g/mol. The van der Waals surface area contributed by atoms with E-state index in [0.29, 0.717) is 6.04 Å². The zero-order valence-corrected chi connectivity index (χ0v) is 6.18. The lowest BCUT2D eigenvalue weighted by Gasteiger charge is -2.07. The lowest BCUT2D eigenvalue weighted by atomic mass is 10.1. The standard InChI is InChI=1S/C7H15NO/c1-3-4-5-7(2)8-6-9/h6-7H,3-5H2,1-2H3,(H,8,9). The minimum Gasteiger partial charge on any atom is -0.356 e. The highest BCUT2D eigenvalue weighted by Gasteiger charge is 1.95. The van der Waals surface area contributed by atoms with Crippen molar-refractivity contribution in [3.05, 3.63) is 0 Å².